The molecule has 0 atom stereocenters. The van der Waals surface area contributed by atoms with Gasteiger partial charge in [-0.05, 0) is 31.2 Å². The molecule has 114 valence electrons. The lowest BCUT2D eigenvalue weighted by atomic mass is 9.90. The number of nitrogens with zero attached hydrogens (tertiary/aromatic N) is 2. The van der Waals surface area contributed by atoms with Crippen molar-refractivity contribution in [2.75, 3.05) is 19.0 Å². The van der Waals surface area contributed by atoms with Crippen molar-refractivity contribution in [3.8, 4) is 5.88 Å². The van der Waals surface area contributed by atoms with Gasteiger partial charge in [0.1, 0.15) is 4.83 Å². The summed E-state index contributed by atoms with van der Waals surface area (Å²) in [6.45, 7) is 2.95. The third-order valence-corrected chi connectivity index (χ3v) is 5.33. The van der Waals surface area contributed by atoms with Crippen LogP contribution in [-0.4, -0.2) is 23.6 Å². The number of thiophene rings is 1. The minimum Gasteiger partial charge on any atom is -0.477 e. The number of ether oxygens (including phenoxy) is 1. The highest BCUT2D eigenvalue weighted by Crippen LogP contribution is 2.32. The summed E-state index contributed by atoms with van der Waals surface area (Å²) < 4.78 is 6.07. The lowest BCUT2D eigenvalue weighted by molar-refractivity contribution is 0.205. The van der Waals surface area contributed by atoms with E-state index in [9.17, 15) is 0 Å². The molecule has 1 aliphatic rings. The van der Waals surface area contributed by atoms with Crippen LogP contribution in [0.15, 0.2) is 6.07 Å². The van der Waals surface area contributed by atoms with Crippen LogP contribution >= 0.6 is 11.3 Å². The molecule has 21 heavy (non-hydrogen) atoms. The van der Waals surface area contributed by atoms with E-state index in [2.05, 4.69) is 28.3 Å². The van der Waals surface area contributed by atoms with E-state index >= 15 is 0 Å². The molecule has 2 heterocycles. The maximum atomic E-state index is 6.07. The molecule has 0 unspecified atom stereocenters. The van der Waals surface area contributed by atoms with Crippen LogP contribution in [0.25, 0.3) is 10.2 Å². The fourth-order valence-corrected chi connectivity index (χ4v) is 3.85. The first kappa shape index (κ1) is 14.6. The largest absolute Gasteiger partial charge is 0.477 e. The summed E-state index contributed by atoms with van der Waals surface area (Å²) in [5.74, 6) is 2.07. The van der Waals surface area contributed by atoms with Gasteiger partial charge in [-0.25, -0.2) is 4.98 Å². The van der Waals surface area contributed by atoms with E-state index in [1.165, 1.54) is 37.0 Å². The fourth-order valence-electron chi connectivity index (χ4n) is 2.89. The number of hydrogen-bond donors (Lipinski definition) is 1. The summed E-state index contributed by atoms with van der Waals surface area (Å²) in [6.07, 6.45) is 7.66. The number of anilines is 1. The van der Waals surface area contributed by atoms with E-state index in [1.54, 1.807) is 11.3 Å². The van der Waals surface area contributed by atoms with Crippen LogP contribution in [0.4, 0.5) is 5.95 Å². The van der Waals surface area contributed by atoms with Crippen LogP contribution in [0.1, 0.15) is 43.9 Å². The van der Waals surface area contributed by atoms with E-state index < -0.39 is 0 Å². The number of fused-ring (bicyclic) bond motifs is 1. The predicted octanol–water partition coefficient (Wildman–Crippen LogP) is 4.25. The fraction of sp³-hybridized carbons (Fsp3) is 0.625. The standard InChI is InChI=1S/C16H23N3OS/c1-3-12-9-13-14(18-16(17-2)19-15(13)21-12)20-10-11-7-5-4-6-8-11/h9,11H,3-8,10H2,1-2H3,(H,17,18,19). The Morgan fingerprint density at radius 1 is 1.29 bits per heavy atom. The van der Waals surface area contributed by atoms with Crippen molar-refractivity contribution in [2.24, 2.45) is 5.92 Å². The van der Waals surface area contributed by atoms with Crippen LogP contribution in [0.3, 0.4) is 0 Å². The zero-order valence-corrected chi connectivity index (χ0v) is 13.6. The van der Waals surface area contributed by atoms with Gasteiger partial charge < -0.3 is 10.1 Å². The molecule has 0 bridgehead atoms. The molecule has 0 saturated heterocycles. The third kappa shape index (κ3) is 3.28. The van der Waals surface area contributed by atoms with Gasteiger partial charge in [-0.2, -0.15) is 4.98 Å². The maximum absolute atomic E-state index is 6.07. The number of nitrogens with one attached hydrogen (secondary N) is 1. The Kier molecular flexibility index (Phi) is 4.58. The monoisotopic (exact) mass is 305 g/mol. The third-order valence-electron chi connectivity index (χ3n) is 4.16. The molecule has 3 rings (SSSR count). The average Bonchev–Trinajstić information content (AvgIpc) is 2.96. The molecule has 2 aromatic rings. The molecule has 0 radical (unpaired) electrons. The molecule has 2 aromatic heterocycles. The van der Waals surface area contributed by atoms with Crippen molar-refractivity contribution < 1.29 is 4.74 Å². The first-order chi connectivity index (χ1) is 10.3. The number of rotatable bonds is 5. The summed E-state index contributed by atoms with van der Waals surface area (Å²) in [5.41, 5.74) is 0. The Morgan fingerprint density at radius 2 is 2.10 bits per heavy atom. The highest BCUT2D eigenvalue weighted by atomic mass is 32.1. The topological polar surface area (TPSA) is 47.0 Å². The highest BCUT2D eigenvalue weighted by Gasteiger charge is 2.17. The Balaban J connectivity index is 1.82. The van der Waals surface area contributed by atoms with Gasteiger partial charge in [0, 0.05) is 11.9 Å². The summed E-state index contributed by atoms with van der Waals surface area (Å²) in [4.78, 5) is 11.4. The molecule has 1 aliphatic carbocycles. The number of hydrogen-bond acceptors (Lipinski definition) is 5. The van der Waals surface area contributed by atoms with Gasteiger partial charge in [0.15, 0.2) is 0 Å². The molecule has 4 nitrogen and oxygen atoms in total. The van der Waals surface area contributed by atoms with Crippen molar-refractivity contribution in [1.29, 1.82) is 0 Å². The van der Waals surface area contributed by atoms with Crippen LogP contribution in [0.2, 0.25) is 0 Å². The minimum absolute atomic E-state index is 0.644. The van der Waals surface area contributed by atoms with Crippen molar-refractivity contribution >= 4 is 27.5 Å². The molecule has 0 aromatic carbocycles. The lowest BCUT2D eigenvalue weighted by Gasteiger charge is -2.21. The van der Waals surface area contributed by atoms with E-state index in [4.69, 9.17) is 4.74 Å². The van der Waals surface area contributed by atoms with Crippen LogP contribution < -0.4 is 10.1 Å². The van der Waals surface area contributed by atoms with Gasteiger partial charge in [-0.3, -0.25) is 0 Å². The molecule has 5 heteroatoms. The molecule has 0 amide bonds. The summed E-state index contributed by atoms with van der Waals surface area (Å²) in [5, 5.41) is 4.09. The SMILES string of the molecule is CCc1cc2c(OCC3CCCCC3)nc(NC)nc2s1. The minimum atomic E-state index is 0.644. The first-order valence-corrected chi connectivity index (χ1v) is 8.72. The smallest absolute Gasteiger partial charge is 0.227 e. The Labute approximate surface area is 129 Å². The Bertz CT molecular complexity index is 605. The highest BCUT2D eigenvalue weighted by molar-refractivity contribution is 7.18. The van der Waals surface area contributed by atoms with Gasteiger partial charge in [0.05, 0.1) is 12.0 Å². The van der Waals surface area contributed by atoms with Gasteiger partial charge in [-0.15, -0.1) is 11.3 Å². The average molecular weight is 305 g/mol. The van der Waals surface area contributed by atoms with Crippen molar-refractivity contribution in [3.05, 3.63) is 10.9 Å². The van der Waals surface area contributed by atoms with Crippen molar-refractivity contribution in [3.63, 3.8) is 0 Å². The van der Waals surface area contributed by atoms with Crippen LogP contribution in [0, 0.1) is 5.92 Å². The molecule has 0 aliphatic heterocycles. The summed E-state index contributed by atoms with van der Waals surface area (Å²) in [7, 11) is 1.85. The van der Waals surface area contributed by atoms with Gasteiger partial charge in [0.2, 0.25) is 11.8 Å². The second kappa shape index (κ2) is 6.60. The van der Waals surface area contributed by atoms with E-state index in [0.717, 1.165) is 29.1 Å². The Morgan fingerprint density at radius 3 is 2.81 bits per heavy atom. The first-order valence-electron chi connectivity index (χ1n) is 7.91. The second-order valence-corrected chi connectivity index (χ2v) is 6.82. The summed E-state index contributed by atoms with van der Waals surface area (Å²) >= 11 is 1.73. The zero-order chi connectivity index (χ0) is 14.7. The van der Waals surface area contributed by atoms with E-state index in [0.29, 0.717) is 11.9 Å². The van der Waals surface area contributed by atoms with Crippen LogP contribution in [-0.2, 0) is 6.42 Å². The molecular weight excluding hydrogens is 282 g/mol. The Hall–Kier alpha value is -1.36. The summed E-state index contributed by atoms with van der Waals surface area (Å²) in [6, 6.07) is 2.18. The van der Waals surface area contributed by atoms with E-state index in [1.807, 2.05) is 7.05 Å². The molecule has 1 saturated carbocycles. The van der Waals surface area contributed by atoms with Gasteiger partial charge in [0.25, 0.3) is 0 Å². The molecule has 1 N–H and O–H groups in total. The molecule has 0 spiro atoms. The van der Waals surface area contributed by atoms with Gasteiger partial charge >= 0.3 is 0 Å². The molecule has 1 fully saturated rings. The lowest BCUT2D eigenvalue weighted by Crippen LogP contribution is -2.16. The molecular formula is C16H23N3OS. The second-order valence-electron chi connectivity index (χ2n) is 5.70. The van der Waals surface area contributed by atoms with Crippen molar-refractivity contribution in [2.45, 2.75) is 45.4 Å². The number of aryl methyl sites for hydroxylation is 1. The van der Waals surface area contributed by atoms with E-state index in [-0.39, 0.29) is 0 Å². The predicted molar refractivity (Wildman–Crippen MR) is 88.4 cm³/mol. The van der Waals surface area contributed by atoms with Crippen molar-refractivity contribution in [1.82, 2.24) is 9.97 Å². The number of aromatic nitrogens is 2. The van der Waals surface area contributed by atoms with Crippen LogP contribution in [0.5, 0.6) is 5.88 Å². The normalized spacial score (nSPS) is 16.3. The zero-order valence-electron chi connectivity index (χ0n) is 12.8. The quantitative estimate of drug-likeness (QED) is 0.897. The maximum Gasteiger partial charge on any atom is 0.227 e. The van der Waals surface area contributed by atoms with Gasteiger partial charge in [-0.1, -0.05) is 26.2 Å².